The maximum Gasteiger partial charge on any atom is 0.233 e. The van der Waals surface area contributed by atoms with Crippen molar-refractivity contribution in [3.63, 3.8) is 0 Å². The summed E-state index contributed by atoms with van der Waals surface area (Å²) in [4.78, 5) is 15.0. The molecule has 1 fully saturated rings. The van der Waals surface area contributed by atoms with E-state index in [-0.39, 0.29) is 11.2 Å². The number of carbonyl (C=O) groups excluding carboxylic acids is 1. The highest BCUT2D eigenvalue weighted by Gasteiger charge is 2.23. The first-order valence-corrected chi connectivity index (χ1v) is 10.9. The number of amides is 1. The van der Waals surface area contributed by atoms with Gasteiger partial charge in [0, 0.05) is 31.4 Å². The lowest BCUT2D eigenvalue weighted by molar-refractivity contribution is -0.121. The number of carbonyl (C=O) groups is 1. The van der Waals surface area contributed by atoms with Gasteiger partial charge in [-0.05, 0) is 43.4 Å². The van der Waals surface area contributed by atoms with E-state index in [1.54, 1.807) is 11.8 Å². The average Bonchev–Trinajstić information content (AvgIpc) is 2.69. The number of thioether (sulfide) groups is 1. The second kappa shape index (κ2) is 9.95. The molecule has 1 heterocycles. The van der Waals surface area contributed by atoms with Gasteiger partial charge in [-0.15, -0.1) is 11.8 Å². The monoisotopic (exact) mass is 382 g/mol. The van der Waals surface area contributed by atoms with Gasteiger partial charge in [0.15, 0.2) is 0 Å². The summed E-state index contributed by atoms with van der Waals surface area (Å²) >= 11 is 1.72. The first kappa shape index (κ1) is 20.0. The van der Waals surface area contributed by atoms with E-state index >= 15 is 0 Å². The number of hydrogen-bond donors (Lipinski definition) is 1. The zero-order valence-corrected chi connectivity index (χ0v) is 17.2. The molecule has 1 N–H and O–H groups in total. The summed E-state index contributed by atoms with van der Waals surface area (Å²) in [6, 6.07) is 19.3. The minimum absolute atomic E-state index is 0.0213. The summed E-state index contributed by atoms with van der Waals surface area (Å²) in [6.07, 6.45) is 2.07. The molecule has 1 aliphatic rings. The molecule has 0 saturated carbocycles. The second-order valence-electron chi connectivity index (χ2n) is 7.42. The first-order chi connectivity index (χ1) is 13.1. The Morgan fingerprint density at radius 3 is 2.48 bits per heavy atom. The van der Waals surface area contributed by atoms with Crippen LogP contribution in [0.1, 0.15) is 36.5 Å². The first-order valence-electron chi connectivity index (χ1n) is 9.84. The summed E-state index contributed by atoms with van der Waals surface area (Å²) in [6.45, 7) is 7.24. The molecule has 2 aromatic carbocycles. The van der Waals surface area contributed by atoms with E-state index in [9.17, 15) is 4.79 Å². The van der Waals surface area contributed by atoms with Crippen LogP contribution in [0.5, 0.6) is 0 Å². The van der Waals surface area contributed by atoms with Gasteiger partial charge in [-0.3, -0.25) is 9.69 Å². The minimum Gasteiger partial charge on any atom is -0.352 e. The zero-order chi connectivity index (χ0) is 19.1. The number of aryl methyl sites for hydroxylation is 1. The van der Waals surface area contributed by atoms with E-state index in [0.717, 1.165) is 38.2 Å². The normalized spacial score (nSPS) is 16.8. The van der Waals surface area contributed by atoms with Gasteiger partial charge in [-0.2, -0.15) is 0 Å². The van der Waals surface area contributed by atoms with Crippen molar-refractivity contribution in [3.8, 4) is 0 Å². The van der Waals surface area contributed by atoms with Gasteiger partial charge in [0.1, 0.15) is 0 Å². The quantitative estimate of drug-likeness (QED) is 0.770. The van der Waals surface area contributed by atoms with Gasteiger partial charge in [-0.1, -0.05) is 54.6 Å². The zero-order valence-electron chi connectivity index (χ0n) is 16.4. The smallest absolute Gasteiger partial charge is 0.233 e. The van der Waals surface area contributed by atoms with Gasteiger partial charge in [0.05, 0.1) is 5.25 Å². The Hall–Kier alpha value is -1.78. The Bertz CT molecular complexity index is 726. The van der Waals surface area contributed by atoms with E-state index in [4.69, 9.17) is 0 Å². The molecule has 1 atom stereocenters. The fraction of sp³-hybridized carbons (Fsp3) is 0.435. The van der Waals surface area contributed by atoms with Crippen molar-refractivity contribution in [3.05, 3.63) is 71.3 Å². The number of nitrogens with zero attached hydrogens (tertiary/aromatic N) is 1. The van der Waals surface area contributed by atoms with Crippen molar-refractivity contribution in [1.82, 2.24) is 10.2 Å². The van der Waals surface area contributed by atoms with E-state index < -0.39 is 0 Å². The number of likely N-dealkylation sites (tertiary alicyclic amines) is 1. The fourth-order valence-corrected chi connectivity index (χ4v) is 4.43. The van der Waals surface area contributed by atoms with Crippen molar-refractivity contribution in [2.75, 3.05) is 13.1 Å². The van der Waals surface area contributed by atoms with Crippen LogP contribution in [-0.2, 0) is 17.1 Å². The summed E-state index contributed by atoms with van der Waals surface area (Å²) in [7, 11) is 0. The topological polar surface area (TPSA) is 32.3 Å². The Kier molecular flexibility index (Phi) is 7.36. The second-order valence-corrected chi connectivity index (χ2v) is 8.75. The lowest BCUT2D eigenvalue weighted by atomic mass is 10.0. The van der Waals surface area contributed by atoms with Crippen molar-refractivity contribution in [1.29, 1.82) is 0 Å². The molecule has 4 heteroatoms. The van der Waals surface area contributed by atoms with Gasteiger partial charge in [0.25, 0.3) is 0 Å². The van der Waals surface area contributed by atoms with Crippen LogP contribution in [0.4, 0.5) is 0 Å². The van der Waals surface area contributed by atoms with Gasteiger partial charge < -0.3 is 5.32 Å². The molecular weight excluding hydrogens is 352 g/mol. The van der Waals surface area contributed by atoms with Crippen LogP contribution < -0.4 is 5.32 Å². The van der Waals surface area contributed by atoms with Gasteiger partial charge in [0.2, 0.25) is 5.91 Å². The SMILES string of the molecule is Cc1ccccc1CSC(C)C(=O)NC1CCN(Cc2ccccc2)CC1. The molecule has 1 unspecified atom stereocenters. The number of benzene rings is 2. The van der Waals surface area contributed by atoms with Crippen LogP contribution in [0.3, 0.4) is 0 Å². The summed E-state index contributed by atoms with van der Waals surface area (Å²) in [5.74, 6) is 1.06. The molecule has 2 aromatic rings. The van der Waals surface area contributed by atoms with Crippen LogP contribution in [0.2, 0.25) is 0 Å². The van der Waals surface area contributed by atoms with Crippen molar-refractivity contribution >= 4 is 17.7 Å². The van der Waals surface area contributed by atoms with Gasteiger partial charge >= 0.3 is 0 Å². The standard InChI is InChI=1S/C23H30N2OS/c1-18-8-6-7-11-21(18)17-27-19(2)23(26)24-22-12-14-25(15-13-22)16-20-9-4-3-5-10-20/h3-11,19,22H,12-17H2,1-2H3,(H,24,26). The van der Waals surface area contributed by atoms with E-state index in [1.165, 1.54) is 16.7 Å². The number of nitrogens with one attached hydrogen (secondary N) is 1. The largest absolute Gasteiger partial charge is 0.352 e. The predicted molar refractivity (Wildman–Crippen MR) is 115 cm³/mol. The number of rotatable bonds is 7. The molecule has 3 nitrogen and oxygen atoms in total. The van der Waals surface area contributed by atoms with E-state index in [0.29, 0.717) is 6.04 Å². The Morgan fingerprint density at radius 1 is 1.11 bits per heavy atom. The maximum atomic E-state index is 12.5. The molecule has 3 rings (SSSR count). The maximum absolute atomic E-state index is 12.5. The van der Waals surface area contributed by atoms with Crippen LogP contribution in [-0.4, -0.2) is 35.2 Å². The molecule has 0 bridgehead atoms. The van der Waals surface area contributed by atoms with Crippen LogP contribution in [0, 0.1) is 6.92 Å². The Morgan fingerprint density at radius 2 is 1.78 bits per heavy atom. The molecular formula is C23H30N2OS. The van der Waals surface area contributed by atoms with Crippen LogP contribution in [0.15, 0.2) is 54.6 Å². The minimum atomic E-state index is -0.0213. The van der Waals surface area contributed by atoms with Crippen molar-refractivity contribution < 1.29 is 4.79 Å². The lowest BCUT2D eigenvalue weighted by Crippen LogP contribution is -2.46. The Balaban J connectivity index is 1.39. The highest BCUT2D eigenvalue weighted by atomic mass is 32.2. The fourth-order valence-electron chi connectivity index (χ4n) is 3.46. The molecule has 144 valence electrons. The van der Waals surface area contributed by atoms with Crippen molar-refractivity contribution in [2.24, 2.45) is 0 Å². The lowest BCUT2D eigenvalue weighted by Gasteiger charge is -2.32. The summed E-state index contributed by atoms with van der Waals surface area (Å²) in [5, 5.41) is 3.25. The molecule has 0 aromatic heterocycles. The molecule has 27 heavy (non-hydrogen) atoms. The summed E-state index contributed by atoms with van der Waals surface area (Å²) in [5.41, 5.74) is 3.97. The molecule has 0 spiro atoms. The molecule has 1 saturated heterocycles. The third kappa shape index (κ3) is 6.12. The Labute approximate surface area is 167 Å². The van der Waals surface area contributed by atoms with Crippen LogP contribution in [0.25, 0.3) is 0 Å². The van der Waals surface area contributed by atoms with E-state index in [1.807, 2.05) is 6.92 Å². The van der Waals surface area contributed by atoms with Crippen LogP contribution >= 0.6 is 11.8 Å². The highest BCUT2D eigenvalue weighted by molar-refractivity contribution is 7.99. The molecule has 0 aliphatic carbocycles. The molecule has 1 amide bonds. The summed E-state index contributed by atoms with van der Waals surface area (Å²) < 4.78 is 0. The predicted octanol–water partition coefficient (Wildman–Crippen LogP) is 4.40. The van der Waals surface area contributed by atoms with Crippen molar-refractivity contribution in [2.45, 2.75) is 50.3 Å². The molecule has 1 aliphatic heterocycles. The number of piperidine rings is 1. The molecule has 0 radical (unpaired) electrons. The average molecular weight is 383 g/mol. The highest BCUT2D eigenvalue weighted by Crippen LogP contribution is 2.21. The van der Waals surface area contributed by atoms with Gasteiger partial charge in [-0.25, -0.2) is 0 Å². The third-order valence-electron chi connectivity index (χ3n) is 5.30. The third-order valence-corrected chi connectivity index (χ3v) is 6.49. The van der Waals surface area contributed by atoms with E-state index in [2.05, 4.69) is 71.7 Å². The number of hydrogen-bond acceptors (Lipinski definition) is 3.